The van der Waals surface area contributed by atoms with Gasteiger partial charge in [0.2, 0.25) is 10.0 Å². The first-order valence-corrected chi connectivity index (χ1v) is 7.72. The summed E-state index contributed by atoms with van der Waals surface area (Å²) in [6.07, 6.45) is 1.23. The van der Waals surface area contributed by atoms with Gasteiger partial charge in [0.1, 0.15) is 10.6 Å². The Morgan fingerprint density at radius 2 is 2.05 bits per heavy atom. The van der Waals surface area contributed by atoms with Gasteiger partial charge in [-0.05, 0) is 27.0 Å². The Morgan fingerprint density at radius 1 is 1.40 bits per heavy atom. The number of aromatic amines is 1. The molecule has 0 atom stereocenters. The standard InChI is InChI=1S/C12H19N3O4S/c1-12(2)8-15(5-4-14(12)3)20(18,19)9-6-10(11(16)17)13-7-9/h6-7,13H,4-5,8H2,1-3H3,(H,16,17). The van der Waals surface area contributed by atoms with E-state index >= 15 is 0 Å². The third-order valence-corrected chi connectivity index (χ3v) is 5.63. The maximum atomic E-state index is 12.5. The van der Waals surface area contributed by atoms with Crippen LogP contribution in [-0.4, -0.2) is 65.9 Å². The van der Waals surface area contributed by atoms with Crippen molar-refractivity contribution in [1.29, 1.82) is 0 Å². The Morgan fingerprint density at radius 3 is 2.55 bits per heavy atom. The van der Waals surface area contributed by atoms with Crippen LogP contribution in [0.15, 0.2) is 17.2 Å². The normalized spacial score (nSPS) is 20.9. The van der Waals surface area contributed by atoms with E-state index in [9.17, 15) is 13.2 Å². The van der Waals surface area contributed by atoms with Crippen molar-refractivity contribution in [2.75, 3.05) is 26.7 Å². The van der Waals surface area contributed by atoms with Crippen molar-refractivity contribution in [3.05, 3.63) is 18.0 Å². The molecule has 1 fully saturated rings. The minimum Gasteiger partial charge on any atom is -0.477 e. The highest BCUT2D eigenvalue weighted by molar-refractivity contribution is 7.89. The van der Waals surface area contributed by atoms with E-state index in [1.807, 2.05) is 20.9 Å². The van der Waals surface area contributed by atoms with Gasteiger partial charge in [0, 0.05) is 31.4 Å². The zero-order valence-electron chi connectivity index (χ0n) is 11.8. The van der Waals surface area contributed by atoms with Gasteiger partial charge >= 0.3 is 5.97 Å². The number of carboxylic acid groups (broad SMARTS) is 1. The topological polar surface area (TPSA) is 93.7 Å². The number of hydrogen-bond acceptors (Lipinski definition) is 4. The maximum absolute atomic E-state index is 12.5. The highest BCUT2D eigenvalue weighted by Crippen LogP contribution is 2.25. The molecule has 2 heterocycles. The smallest absolute Gasteiger partial charge is 0.352 e. The summed E-state index contributed by atoms with van der Waals surface area (Å²) in [6.45, 7) is 5.38. The number of nitrogens with zero attached hydrogens (tertiary/aromatic N) is 2. The van der Waals surface area contributed by atoms with E-state index in [2.05, 4.69) is 9.88 Å². The second-order valence-electron chi connectivity index (χ2n) is 5.63. The van der Waals surface area contributed by atoms with Gasteiger partial charge in [-0.1, -0.05) is 0 Å². The number of rotatable bonds is 3. The number of piperazine rings is 1. The van der Waals surface area contributed by atoms with E-state index in [4.69, 9.17) is 5.11 Å². The van der Waals surface area contributed by atoms with Crippen LogP contribution in [0.4, 0.5) is 0 Å². The average molecular weight is 301 g/mol. The number of nitrogens with one attached hydrogen (secondary N) is 1. The van der Waals surface area contributed by atoms with Gasteiger partial charge < -0.3 is 10.1 Å². The summed E-state index contributed by atoms with van der Waals surface area (Å²) in [5, 5.41) is 8.85. The Bertz CT molecular complexity index is 620. The predicted molar refractivity (Wildman–Crippen MR) is 73.2 cm³/mol. The molecule has 1 aliphatic heterocycles. The number of carbonyl (C=O) groups is 1. The molecule has 7 nitrogen and oxygen atoms in total. The Balaban J connectivity index is 2.28. The molecule has 0 bridgehead atoms. The molecule has 1 aromatic heterocycles. The summed E-state index contributed by atoms with van der Waals surface area (Å²) in [5.74, 6) is -1.18. The van der Waals surface area contributed by atoms with Crippen molar-refractivity contribution >= 4 is 16.0 Å². The molecular formula is C12H19N3O4S. The fourth-order valence-electron chi connectivity index (χ4n) is 2.20. The largest absolute Gasteiger partial charge is 0.477 e. The fraction of sp³-hybridized carbons (Fsp3) is 0.583. The molecule has 1 saturated heterocycles. The molecule has 0 spiro atoms. The first-order valence-electron chi connectivity index (χ1n) is 6.28. The summed E-state index contributed by atoms with van der Waals surface area (Å²) in [6, 6.07) is 1.16. The van der Waals surface area contributed by atoms with Crippen molar-refractivity contribution in [3.63, 3.8) is 0 Å². The van der Waals surface area contributed by atoms with Crippen LogP contribution in [0.25, 0.3) is 0 Å². The van der Waals surface area contributed by atoms with Crippen molar-refractivity contribution in [2.24, 2.45) is 0 Å². The number of aromatic carboxylic acids is 1. The van der Waals surface area contributed by atoms with Crippen molar-refractivity contribution in [3.8, 4) is 0 Å². The molecule has 2 N–H and O–H groups in total. The molecule has 0 aromatic carbocycles. The number of carboxylic acids is 1. The molecule has 0 amide bonds. The number of aromatic nitrogens is 1. The summed E-state index contributed by atoms with van der Waals surface area (Å²) in [5.41, 5.74) is -0.381. The van der Waals surface area contributed by atoms with Crippen LogP contribution < -0.4 is 0 Å². The molecule has 20 heavy (non-hydrogen) atoms. The minimum absolute atomic E-state index is 0.00440. The second kappa shape index (κ2) is 4.87. The van der Waals surface area contributed by atoms with Crippen LogP contribution in [0.5, 0.6) is 0 Å². The summed E-state index contributed by atoms with van der Waals surface area (Å²) < 4.78 is 26.4. The molecule has 1 aliphatic rings. The van der Waals surface area contributed by atoms with Gasteiger partial charge in [-0.25, -0.2) is 13.2 Å². The van der Waals surface area contributed by atoms with Gasteiger partial charge in [0.15, 0.2) is 0 Å². The lowest BCUT2D eigenvalue weighted by molar-refractivity contribution is 0.0691. The lowest BCUT2D eigenvalue weighted by atomic mass is 10.0. The summed E-state index contributed by atoms with van der Waals surface area (Å²) in [7, 11) is -1.70. The summed E-state index contributed by atoms with van der Waals surface area (Å²) >= 11 is 0. The number of sulfonamides is 1. The van der Waals surface area contributed by atoms with Gasteiger partial charge in [0.25, 0.3) is 0 Å². The van der Waals surface area contributed by atoms with E-state index in [1.165, 1.54) is 10.5 Å². The van der Waals surface area contributed by atoms with Crippen LogP contribution in [0.1, 0.15) is 24.3 Å². The molecule has 0 saturated carbocycles. The van der Waals surface area contributed by atoms with E-state index in [0.29, 0.717) is 19.6 Å². The van der Waals surface area contributed by atoms with E-state index in [0.717, 1.165) is 6.07 Å². The van der Waals surface area contributed by atoms with Crippen LogP contribution in [0.2, 0.25) is 0 Å². The molecule has 2 rings (SSSR count). The fourth-order valence-corrected chi connectivity index (χ4v) is 3.78. The van der Waals surface area contributed by atoms with Gasteiger partial charge in [-0.3, -0.25) is 4.90 Å². The Labute approximate surface area is 118 Å². The van der Waals surface area contributed by atoms with Crippen molar-refractivity contribution in [2.45, 2.75) is 24.3 Å². The molecule has 1 aromatic rings. The highest BCUT2D eigenvalue weighted by atomic mass is 32.2. The van der Waals surface area contributed by atoms with E-state index < -0.39 is 16.0 Å². The molecule has 0 radical (unpaired) electrons. The predicted octanol–water partition coefficient (Wildman–Crippen LogP) is 0.428. The molecule has 0 unspecified atom stereocenters. The summed E-state index contributed by atoms with van der Waals surface area (Å²) in [4.78, 5) is 15.4. The third kappa shape index (κ3) is 2.58. The average Bonchev–Trinajstić information content (AvgIpc) is 2.82. The Kier molecular flexibility index (Phi) is 3.66. The molecule has 112 valence electrons. The lowest BCUT2D eigenvalue weighted by Gasteiger charge is -2.44. The minimum atomic E-state index is -3.66. The second-order valence-corrected chi connectivity index (χ2v) is 7.56. The van der Waals surface area contributed by atoms with Crippen LogP contribution in [0.3, 0.4) is 0 Å². The van der Waals surface area contributed by atoms with Crippen LogP contribution in [0, 0.1) is 0 Å². The zero-order chi connectivity index (χ0) is 15.1. The monoisotopic (exact) mass is 301 g/mol. The van der Waals surface area contributed by atoms with Gasteiger partial charge in [0.05, 0.1) is 0 Å². The van der Waals surface area contributed by atoms with E-state index in [1.54, 1.807) is 0 Å². The van der Waals surface area contributed by atoms with Gasteiger partial charge in [-0.2, -0.15) is 4.31 Å². The van der Waals surface area contributed by atoms with E-state index in [-0.39, 0.29) is 16.1 Å². The molecular weight excluding hydrogens is 282 g/mol. The Hall–Kier alpha value is -1.38. The maximum Gasteiger partial charge on any atom is 0.352 e. The van der Waals surface area contributed by atoms with Crippen LogP contribution in [-0.2, 0) is 10.0 Å². The van der Waals surface area contributed by atoms with Gasteiger partial charge in [-0.15, -0.1) is 0 Å². The first-order chi connectivity index (χ1) is 9.14. The van der Waals surface area contributed by atoms with Crippen molar-refractivity contribution < 1.29 is 18.3 Å². The van der Waals surface area contributed by atoms with Crippen LogP contribution >= 0.6 is 0 Å². The van der Waals surface area contributed by atoms with Crippen molar-refractivity contribution in [1.82, 2.24) is 14.2 Å². The number of likely N-dealkylation sites (N-methyl/N-ethyl adjacent to an activating group) is 1. The lowest BCUT2D eigenvalue weighted by Crippen LogP contribution is -2.58. The first kappa shape index (κ1) is 15.0. The SMILES string of the molecule is CN1CCN(S(=O)(=O)c2c[nH]c(C(=O)O)c2)CC1(C)C. The quantitative estimate of drug-likeness (QED) is 0.844. The molecule has 0 aliphatic carbocycles. The highest BCUT2D eigenvalue weighted by Gasteiger charge is 2.37. The number of H-pyrrole nitrogens is 1. The number of hydrogen-bond donors (Lipinski definition) is 2. The third-order valence-electron chi connectivity index (χ3n) is 3.81. The zero-order valence-corrected chi connectivity index (χ0v) is 12.6. The molecule has 8 heteroatoms.